The molecule has 5 rings (SSSR count). The molecule has 5 aliphatic heterocycles. The summed E-state index contributed by atoms with van der Waals surface area (Å²) in [5.41, 5.74) is -2.22. The molecule has 210 valence electrons. The number of cyclic esters (lactones) is 1. The number of hydrogen-bond acceptors (Lipinski definition) is 8. The number of amides is 2. The fraction of sp³-hybridized carbons (Fsp3) is 0.750. The first kappa shape index (κ1) is 27.3. The van der Waals surface area contributed by atoms with Crippen LogP contribution in [-0.4, -0.2) is 121 Å². The molecule has 0 aromatic carbocycles. The Labute approximate surface area is 224 Å². The first-order valence-corrected chi connectivity index (χ1v) is 14.2. The summed E-state index contributed by atoms with van der Waals surface area (Å²) in [5, 5.41) is 9.13. The number of likely N-dealkylation sites (tertiary alicyclic amines) is 1. The topological polar surface area (TPSA) is 109 Å². The Morgan fingerprint density at radius 3 is 2.50 bits per heavy atom. The minimum atomic E-state index is -1.23. The van der Waals surface area contributed by atoms with Crippen LogP contribution >= 0.6 is 0 Å². The zero-order valence-electron chi connectivity index (χ0n) is 22.4. The monoisotopic (exact) mass is 531 g/mol. The van der Waals surface area contributed by atoms with E-state index in [0.717, 1.165) is 32.5 Å². The Balaban J connectivity index is 1.46. The molecule has 3 fully saturated rings. The average Bonchev–Trinajstić information content (AvgIpc) is 3.20. The van der Waals surface area contributed by atoms with Crippen molar-refractivity contribution in [1.82, 2.24) is 14.7 Å². The third-order valence-electron chi connectivity index (χ3n) is 8.88. The van der Waals surface area contributed by atoms with Gasteiger partial charge in [-0.05, 0) is 25.3 Å². The molecule has 0 aliphatic carbocycles. The van der Waals surface area contributed by atoms with Crippen LogP contribution in [0.25, 0.3) is 0 Å². The number of unbranched alkanes of at least 4 members (excludes halogenated alkanes) is 3. The third kappa shape index (κ3) is 4.69. The summed E-state index contributed by atoms with van der Waals surface area (Å²) in [6, 6.07) is -0.835. The molecule has 2 amide bonds. The number of nitrogens with zero attached hydrogens (tertiary/aromatic N) is 3. The summed E-state index contributed by atoms with van der Waals surface area (Å²) in [5.74, 6) is -2.41. The van der Waals surface area contributed by atoms with Crippen LogP contribution in [0.2, 0.25) is 0 Å². The maximum absolute atomic E-state index is 14.3. The number of carbonyl (C=O) groups excluding carboxylic acids is 3. The second kappa shape index (κ2) is 11.5. The fourth-order valence-electron chi connectivity index (χ4n) is 6.92. The molecule has 5 heterocycles. The van der Waals surface area contributed by atoms with Gasteiger partial charge in [-0.15, -0.1) is 0 Å². The van der Waals surface area contributed by atoms with E-state index in [2.05, 4.69) is 4.90 Å². The van der Waals surface area contributed by atoms with Gasteiger partial charge in [0, 0.05) is 45.9 Å². The molecule has 0 aromatic heterocycles. The molecule has 1 spiro atoms. The normalized spacial score (nSPS) is 35.1. The lowest BCUT2D eigenvalue weighted by atomic mass is 9.73. The maximum Gasteiger partial charge on any atom is 0.313 e. The summed E-state index contributed by atoms with van der Waals surface area (Å²) in [4.78, 5) is 47.5. The van der Waals surface area contributed by atoms with Crippen molar-refractivity contribution in [3.63, 3.8) is 0 Å². The number of ether oxygens (including phenoxy) is 3. The summed E-state index contributed by atoms with van der Waals surface area (Å²) in [6.07, 6.45) is 11.1. The number of esters is 1. The van der Waals surface area contributed by atoms with Crippen LogP contribution in [0.3, 0.4) is 0 Å². The van der Waals surface area contributed by atoms with Crippen LogP contribution in [0, 0.1) is 11.8 Å². The molecule has 5 atom stereocenters. The molecule has 0 bridgehead atoms. The first-order valence-electron chi connectivity index (χ1n) is 14.2. The lowest BCUT2D eigenvalue weighted by Crippen LogP contribution is -2.57. The van der Waals surface area contributed by atoms with Gasteiger partial charge in [-0.2, -0.15) is 0 Å². The quantitative estimate of drug-likeness (QED) is 0.250. The van der Waals surface area contributed by atoms with E-state index in [9.17, 15) is 14.4 Å². The second-order valence-electron chi connectivity index (χ2n) is 11.0. The standard InChI is InChI=1S/C28H41N3O7/c1-2-27-9-8-18-37-26(35)22(27)21-24(33)31(12-5-3-4-6-17-32)23-25(34)30(11-7-10-28(21,23)38-27)14-13-29-15-19-36-20-16-29/h7-10,21-23,32H,2-6,11-20H2,1H3/t21-,22-,23?,27+,28-/m0/s1. The lowest BCUT2D eigenvalue weighted by Gasteiger charge is -2.38. The zero-order chi connectivity index (χ0) is 26.8. The first-order chi connectivity index (χ1) is 18.5. The van der Waals surface area contributed by atoms with Crippen LogP contribution in [0.5, 0.6) is 0 Å². The molecule has 1 N–H and O–H groups in total. The minimum absolute atomic E-state index is 0.130. The van der Waals surface area contributed by atoms with Gasteiger partial charge in [-0.25, -0.2) is 0 Å². The van der Waals surface area contributed by atoms with E-state index in [1.165, 1.54) is 0 Å². The van der Waals surface area contributed by atoms with Crippen LogP contribution in [0.15, 0.2) is 24.3 Å². The third-order valence-corrected chi connectivity index (χ3v) is 8.88. The molecule has 3 saturated heterocycles. The zero-order valence-corrected chi connectivity index (χ0v) is 22.4. The number of rotatable bonds is 10. The Kier molecular flexibility index (Phi) is 8.23. The highest BCUT2D eigenvalue weighted by Gasteiger charge is 2.75. The van der Waals surface area contributed by atoms with Gasteiger partial charge < -0.3 is 29.1 Å². The highest BCUT2D eigenvalue weighted by Crippen LogP contribution is 2.58. The summed E-state index contributed by atoms with van der Waals surface area (Å²) < 4.78 is 17.8. The van der Waals surface area contributed by atoms with E-state index in [1.807, 2.05) is 30.1 Å². The predicted molar refractivity (Wildman–Crippen MR) is 138 cm³/mol. The summed E-state index contributed by atoms with van der Waals surface area (Å²) in [6.45, 7) is 7.41. The molecule has 10 heteroatoms. The number of hydrogen-bond donors (Lipinski definition) is 1. The van der Waals surface area contributed by atoms with Gasteiger partial charge in [0.15, 0.2) is 0 Å². The SMILES string of the molecule is CC[C@@]12C=CCOC(=O)[C@@H]1[C@H]1C(=O)N(CCCCCCO)C3C(=O)N(CCN4CCOCC4)CC=C[C@@]31O2. The maximum atomic E-state index is 14.3. The van der Waals surface area contributed by atoms with E-state index in [-0.39, 0.29) is 25.0 Å². The molecule has 0 aromatic rings. The van der Waals surface area contributed by atoms with Crippen LogP contribution in [-0.2, 0) is 28.6 Å². The fourth-order valence-corrected chi connectivity index (χ4v) is 6.92. The largest absolute Gasteiger partial charge is 0.461 e. The molecule has 5 aliphatic rings. The number of morpholine rings is 1. The van der Waals surface area contributed by atoms with Gasteiger partial charge in [0.05, 0.1) is 19.1 Å². The van der Waals surface area contributed by atoms with Crippen LogP contribution in [0.4, 0.5) is 0 Å². The van der Waals surface area contributed by atoms with Crippen LogP contribution < -0.4 is 0 Å². The lowest BCUT2D eigenvalue weighted by molar-refractivity contribution is -0.159. The van der Waals surface area contributed by atoms with Crippen molar-refractivity contribution in [2.45, 2.75) is 56.3 Å². The van der Waals surface area contributed by atoms with E-state index >= 15 is 0 Å². The Hall–Kier alpha value is -2.27. The van der Waals surface area contributed by atoms with E-state index in [1.54, 1.807) is 11.0 Å². The van der Waals surface area contributed by atoms with Crippen molar-refractivity contribution in [2.75, 3.05) is 65.7 Å². The summed E-state index contributed by atoms with van der Waals surface area (Å²) >= 11 is 0. The Morgan fingerprint density at radius 2 is 1.74 bits per heavy atom. The van der Waals surface area contributed by atoms with Crippen molar-refractivity contribution in [2.24, 2.45) is 11.8 Å². The van der Waals surface area contributed by atoms with E-state index in [4.69, 9.17) is 19.3 Å². The molecular formula is C28H41N3O7. The molecule has 1 unspecified atom stereocenters. The molecule has 10 nitrogen and oxygen atoms in total. The average molecular weight is 532 g/mol. The smallest absolute Gasteiger partial charge is 0.313 e. The highest BCUT2D eigenvalue weighted by molar-refractivity contribution is 5.99. The predicted octanol–water partition coefficient (Wildman–Crippen LogP) is 0.744. The number of carbonyl (C=O) groups is 3. The highest BCUT2D eigenvalue weighted by atomic mass is 16.6. The van der Waals surface area contributed by atoms with Crippen molar-refractivity contribution < 1.29 is 33.7 Å². The van der Waals surface area contributed by atoms with Gasteiger partial charge >= 0.3 is 5.97 Å². The van der Waals surface area contributed by atoms with Gasteiger partial charge in [-0.3, -0.25) is 19.3 Å². The number of aliphatic hydroxyl groups is 1. The van der Waals surface area contributed by atoms with E-state index in [0.29, 0.717) is 52.1 Å². The number of fused-ring (bicyclic) bond motifs is 2. The number of aliphatic hydroxyl groups excluding tert-OH is 1. The summed E-state index contributed by atoms with van der Waals surface area (Å²) in [7, 11) is 0. The van der Waals surface area contributed by atoms with Crippen molar-refractivity contribution in [3.05, 3.63) is 24.3 Å². The Bertz CT molecular complexity index is 964. The van der Waals surface area contributed by atoms with Gasteiger partial charge in [-0.1, -0.05) is 38.0 Å². The molecule has 38 heavy (non-hydrogen) atoms. The van der Waals surface area contributed by atoms with Crippen molar-refractivity contribution in [1.29, 1.82) is 0 Å². The molecular weight excluding hydrogens is 490 g/mol. The van der Waals surface area contributed by atoms with Gasteiger partial charge in [0.1, 0.15) is 29.8 Å². The van der Waals surface area contributed by atoms with E-state index < -0.39 is 35.0 Å². The van der Waals surface area contributed by atoms with Crippen molar-refractivity contribution >= 4 is 17.8 Å². The second-order valence-corrected chi connectivity index (χ2v) is 11.0. The minimum Gasteiger partial charge on any atom is -0.461 e. The van der Waals surface area contributed by atoms with Gasteiger partial charge in [0.25, 0.3) is 0 Å². The van der Waals surface area contributed by atoms with Crippen LogP contribution in [0.1, 0.15) is 39.0 Å². The van der Waals surface area contributed by atoms with Crippen molar-refractivity contribution in [3.8, 4) is 0 Å². The molecule has 0 saturated carbocycles. The Morgan fingerprint density at radius 1 is 0.947 bits per heavy atom. The molecule has 0 radical (unpaired) electrons. The van der Waals surface area contributed by atoms with Gasteiger partial charge in [0.2, 0.25) is 11.8 Å².